The molecule has 2 amide bonds. The number of carbonyl (C=O) groups is 2. The van der Waals surface area contributed by atoms with E-state index in [-0.39, 0.29) is 24.4 Å². The number of para-hydroxylation sites is 2. The van der Waals surface area contributed by atoms with Crippen molar-refractivity contribution in [2.45, 2.75) is 26.3 Å². The Labute approximate surface area is 177 Å². The molecule has 3 heterocycles. The van der Waals surface area contributed by atoms with Crippen molar-refractivity contribution in [1.82, 2.24) is 19.8 Å². The van der Waals surface area contributed by atoms with Crippen molar-refractivity contribution < 1.29 is 9.59 Å². The van der Waals surface area contributed by atoms with Crippen LogP contribution in [0.1, 0.15) is 30.6 Å². The lowest BCUT2D eigenvalue weighted by Gasteiger charge is -2.33. The predicted octanol–water partition coefficient (Wildman–Crippen LogP) is 2.15. The van der Waals surface area contributed by atoms with E-state index >= 15 is 0 Å². The number of amides is 2. The van der Waals surface area contributed by atoms with Crippen LogP contribution in [0.2, 0.25) is 0 Å². The molecule has 0 radical (unpaired) electrons. The summed E-state index contributed by atoms with van der Waals surface area (Å²) in [6, 6.07) is 7.54. The highest BCUT2D eigenvalue weighted by Crippen LogP contribution is 2.40. The molecule has 0 N–H and O–H groups in total. The number of benzene rings is 1. The SMILES string of the molecule is CCC(C)N1C(=O)c2cncnc2N(C(=O)CN2CCN(C)CC2)c2ccccc21. The van der Waals surface area contributed by atoms with Crippen molar-refractivity contribution >= 4 is 29.0 Å². The zero-order chi connectivity index (χ0) is 21.3. The molecule has 30 heavy (non-hydrogen) atoms. The molecule has 0 spiro atoms. The summed E-state index contributed by atoms with van der Waals surface area (Å²) in [6.45, 7) is 7.89. The second-order valence-corrected chi connectivity index (χ2v) is 7.99. The van der Waals surface area contributed by atoms with Crippen LogP contribution in [0.3, 0.4) is 0 Å². The molecule has 1 aromatic carbocycles. The van der Waals surface area contributed by atoms with Crippen LogP contribution in [0.15, 0.2) is 36.8 Å². The van der Waals surface area contributed by atoms with Crippen LogP contribution in [-0.4, -0.2) is 77.4 Å². The largest absolute Gasteiger partial charge is 0.304 e. The Morgan fingerprint density at radius 3 is 2.53 bits per heavy atom. The number of rotatable bonds is 4. The highest BCUT2D eigenvalue weighted by molar-refractivity contribution is 6.18. The molecule has 8 nitrogen and oxygen atoms in total. The molecule has 158 valence electrons. The summed E-state index contributed by atoms with van der Waals surface area (Å²) >= 11 is 0. The Bertz CT molecular complexity index is 941. The fourth-order valence-electron chi connectivity index (χ4n) is 4.00. The van der Waals surface area contributed by atoms with Crippen molar-refractivity contribution in [2.75, 3.05) is 49.6 Å². The van der Waals surface area contributed by atoms with Gasteiger partial charge >= 0.3 is 0 Å². The van der Waals surface area contributed by atoms with E-state index in [4.69, 9.17) is 0 Å². The Kier molecular flexibility index (Phi) is 5.78. The molecule has 1 fully saturated rings. The van der Waals surface area contributed by atoms with Gasteiger partial charge in [0.25, 0.3) is 5.91 Å². The van der Waals surface area contributed by atoms with Gasteiger partial charge in [0.2, 0.25) is 5.91 Å². The number of likely N-dealkylation sites (N-methyl/N-ethyl adjacent to an activating group) is 1. The van der Waals surface area contributed by atoms with E-state index in [2.05, 4.69) is 26.8 Å². The molecule has 2 aliphatic heterocycles. The maximum atomic E-state index is 13.6. The maximum Gasteiger partial charge on any atom is 0.263 e. The minimum Gasteiger partial charge on any atom is -0.304 e. The first kappa shape index (κ1) is 20.4. The van der Waals surface area contributed by atoms with Gasteiger partial charge in [0.1, 0.15) is 11.9 Å². The lowest BCUT2D eigenvalue weighted by atomic mass is 10.1. The van der Waals surface area contributed by atoms with E-state index in [0.29, 0.717) is 17.1 Å². The summed E-state index contributed by atoms with van der Waals surface area (Å²) in [5.41, 5.74) is 1.75. The number of hydrogen-bond donors (Lipinski definition) is 0. The molecule has 0 bridgehead atoms. The fraction of sp³-hybridized carbons (Fsp3) is 0.455. The first-order chi connectivity index (χ1) is 14.5. The molecule has 4 rings (SSSR count). The first-order valence-corrected chi connectivity index (χ1v) is 10.5. The van der Waals surface area contributed by atoms with Gasteiger partial charge in [0.05, 0.1) is 17.9 Å². The zero-order valence-corrected chi connectivity index (χ0v) is 17.8. The third kappa shape index (κ3) is 3.68. The second kappa shape index (κ2) is 8.49. The van der Waals surface area contributed by atoms with Crippen molar-refractivity contribution in [3.05, 3.63) is 42.4 Å². The summed E-state index contributed by atoms with van der Waals surface area (Å²) in [4.78, 5) is 43.3. The minimum absolute atomic E-state index is 0.0283. The molecule has 2 aromatic rings. The molecule has 1 atom stereocenters. The molecular formula is C22H28N6O2. The van der Waals surface area contributed by atoms with E-state index in [1.54, 1.807) is 9.80 Å². The van der Waals surface area contributed by atoms with Crippen LogP contribution in [0.25, 0.3) is 0 Å². The van der Waals surface area contributed by atoms with Gasteiger partial charge < -0.3 is 9.80 Å². The van der Waals surface area contributed by atoms with E-state index in [9.17, 15) is 9.59 Å². The highest BCUT2D eigenvalue weighted by Gasteiger charge is 2.37. The number of aromatic nitrogens is 2. The number of anilines is 3. The van der Waals surface area contributed by atoms with Crippen LogP contribution >= 0.6 is 0 Å². The number of fused-ring (bicyclic) bond motifs is 2. The Morgan fingerprint density at radius 1 is 1.13 bits per heavy atom. The van der Waals surface area contributed by atoms with Crippen LogP contribution in [0.4, 0.5) is 17.2 Å². The summed E-state index contributed by atoms with van der Waals surface area (Å²) in [7, 11) is 2.09. The van der Waals surface area contributed by atoms with Gasteiger partial charge in [-0.15, -0.1) is 0 Å². The van der Waals surface area contributed by atoms with Gasteiger partial charge in [-0.3, -0.25) is 19.4 Å². The predicted molar refractivity (Wildman–Crippen MR) is 116 cm³/mol. The average Bonchev–Trinajstić information content (AvgIpc) is 2.87. The maximum absolute atomic E-state index is 13.6. The Hall–Kier alpha value is -2.84. The molecule has 8 heteroatoms. The Balaban J connectivity index is 1.79. The lowest BCUT2D eigenvalue weighted by Crippen LogP contribution is -2.48. The van der Waals surface area contributed by atoms with Gasteiger partial charge in [-0.25, -0.2) is 9.97 Å². The van der Waals surface area contributed by atoms with Crippen molar-refractivity contribution in [2.24, 2.45) is 0 Å². The van der Waals surface area contributed by atoms with E-state index in [0.717, 1.165) is 38.3 Å². The summed E-state index contributed by atoms with van der Waals surface area (Å²) in [6.07, 6.45) is 3.70. The lowest BCUT2D eigenvalue weighted by molar-refractivity contribution is -0.119. The van der Waals surface area contributed by atoms with Gasteiger partial charge in [-0.05, 0) is 32.5 Å². The third-order valence-electron chi connectivity index (χ3n) is 5.97. The molecular weight excluding hydrogens is 380 g/mol. The van der Waals surface area contributed by atoms with Crippen LogP contribution in [0, 0.1) is 0 Å². The number of carbonyl (C=O) groups excluding carboxylic acids is 2. The van der Waals surface area contributed by atoms with Crippen LogP contribution in [-0.2, 0) is 4.79 Å². The number of hydrogen-bond acceptors (Lipinski definition) is 6. The normalized spacial score (nSPS) is 18.6. The molecule has 0 aliphatic carbocycles. The average molecular weight is 409 g/mol. The van der Waals surface area contributed by atoms with Crippen LogP contribution in [0.5, 0.6) is 0 Å². The van der Waals surface area contributed by atoms with E-state index < -0.39 is 0 Å². The van der Waals surface area contributed by atoms with Crippen molar-refractivity contribution in [3.8, 4) is 0 Å². The topological polar surface area (TPSA) is 72.9 Å². The summed E-state index contributed by atoms with van der Waals surface area (Å²) in [5, 5.41) is 0. The summed E-state index contributed by atoms with van der Waals surface area (Å²) < 4.78 is 0. The van der Waals surface area contributed by atoms with Crippen LogP contribution < -0.4 is 9.80 Å². The zero-order valence-electron chi connectivity index (χ0n) is 17.8. The number of piperazine rings is 1. The molecule has 1 aromatic heterocycles. The molecule has 0 saturated carbocycles. The fourth-order valence-corrected chi connectivity index (χ4v) is 4.00. The smallest absolute Gasteiger partial charge is 0.263 e. The standard InChI is InChI=1S/C22H28N6O2/c1-4-16(2)27-18-7-5-6-8-19(18)28(21-17(22(27)30)13-23-15-24-21)20(29)14-26-11-9-25(3)10-12-26/h5-8,13,15-16H,4,9-12,14H2,1-3H3. The minimum atomic E-state index is -0.178. The highest BCUT2D eigenvalue weighted by atomic mass is 16.2. The first-order valence-electron chi connectivity index (χ1n) is 10.5. The van der Waals surface area contributed by atoms with Gasteiger partial charge in [-0.2, -0.15) is 0 Å². The number of nitrogens with zero attached hydrogens (tertiary/aromatic N) is 6. The van der Waals surface area contributed by atoms with Gasteiger partial charge in [0.15, 0.2) is 5.82 Å². The summed E-state index contributed by atoms with van der Waals surface area (Å²) in [5.74, 6) is 0.0837. The third-order valence-corrected chi connectivity index (χ3v) is 5.97. The molecule has 1 saturated heterocycles. The van der Waals surface area contributed by atoms with Crippen molar-refractivity contribution in [3.63, 3.8) is 0 Å². The van der Waals surface area contributed by atoms with E-state index in [1.807, 2.05) is 38.1 Å². The van der Waals surface area contributed by atoms with E-state index in [1.165, 1.54) is 12.5 Å². The second-order valence-electron chi connectivity index (χ2n) is 7.99. The molecule has 2 aliphatic rings. The van der Waals surface area contributed by atoms with Crippen molar-refractivity contribution in [1.29, 1.82) is 0 Å². The van der Waals surface area contributed by atoms with Gasteiger partial charge in [0, 0.05) is 38.4 Å². The Morgan fingerprint density at radius 2 is 1.83 bits per heavy atom. The quantitative estimate of drug-likeness (QED) is 0.772. The molecule has 1 unspecified atom stereocenters. The van der Waals surface area contributed by atoms with Gasteiger partial charge in [-0.1, -0.05) is 19.1 Å². The monoisotopic (exact) mass is 408 g/mol.